The zero-order valence-corrected chi connectivity index (χ0v) is 13.3. The van der Waals surface area contributed by atoms with E-state index < -0.39 is 0 Å². The van der Waals surface area contributed by atoms with Crippen LogP contribution < -0.4 is 0 Å². The highest BCUT2D eigenvalue weighted by Crippen LogP contribution is 2.28. The van der Waals surface area contributed by atoms with Gasteiger partial charge in [0.25, 0.3) is 0 Å². The molecule has 1 aliphatic rings. The fourth-order valence-corrected chi connectivity index (χ4v) is 3.41. The van der Waals surface area contributed by atoms with Crippen molar-refractivity contribution in [3.63, 3.8) is 0 Å². The summed E-state index contributed by atoms with van der Waals surface area (Å²) in [7, 11) is 1.84. The average Bonchev–Trinajstić information content (AvgIpc) is 3.05. The maximum Gasteiger partial charge on any atom is 0.0586 e. The van der Waals surface area contributed by atoms with E-state index in [2.05, 4.69) is 65.6 Å². The standard InChI is InChI=1S/C20H25NO/c1-22-20-13-12-19(14-20)21(15-17-8-4-2-5-9-17)16-18-10-6-3-7-11-18/h2-11,19-20H,12-16H2,1H3/t19-,20+/m0/s1. The van der Waals surface area contributed by atoms with E-state index in [1.165, 1.54) is 24.0 Å². The van der Waals surface area contributed by atoms with E-state index in [9.17, 15) is 0 Å². The minimum atomic E-state index is 0.430. The predicted molar refractivity (Wildman–Crippen MR) is 90.6 cm³/mol. The molecule has 0 N–H and O–H groups in total. The molecule has 0 bridgehead atoms. The zero-order valence-electron chi connectivity index (χ0n) is 13.3. The van der Waals surface area contributed by atoms with Gasteiger partial charge in [0.1, 0.15) is 0 Å². The summed E-state index contributed by atoms with van der Waals surface area (Å²) < 4.78 is 5.57. The Morgan fingerprint density at radius 1 is 0.864 bits per heavy atom. The molecule has 0 unspecified atom stereocenters. The SMILES string of the molecule is CO[C@@H]1CC[C@H](N(Cc2ccccc2)Cc2ccccc2)C1. The molecule has 2 heteroatoms. The Morgan fingerprint density at radius 3 is 1.86 bits per heavy atom. The molecule has 2 nitrogen and oxygen atoms in total. The average molecular weight is 295 g/mol. The monoisotopic (exact) mass is 295 g/mol. The van der Waals surface area contributed by atoms with Crippen LogP contribution in [0.25, 0.3) is 0 Å². The Hall–Kier alpha value is -1.64. The maximum absolute atomic E-state index is 5.57. The fraction of sp³-hybridized carbons (Fsp3) is 0.400. The van der Waals surface area contributed by atoms with Crippen LogP contribution in [0.2, 0.25) is 0 Å². The lowest BCUT2D eigenvalue weighted by atomic mass is 10.1. The zero-order chi connectivity index (χ0) is 15.2. The summed E-state index contributed by atoms with van der Waals surface area (Å²) in [6.07, 6.45) is 3.99. The van der Waals surface area contributed by atoms with Crippen molar-refractivity contribution >= 4 is 0 Å². The molecule has 2 atom stereocenters. The Labute approximate surface area is 133 Å². The first-order valence-electron chi connectivity index (χ1n) is 8.20. The van der Waals surface area contributed by atoms with Gasteiger partial charge in [0, 0.05) is 26.2 Å². The van der Waals surface area contributed by atoms with Crippen molar-refractivity contribution < 1.29 is 4.74 Å². The lowest BCUT2D eigenvalue weighted by Crippen LogP contribution is -2.33. The summed E-state index contributed by atoms with van der Waals surface area (Å²) >= 11 is 0. The molecule has 1 fully saturated rings. The Kier molecular flexibility index (Phi) is 5.25. The molecule has 2 aromatic carbocycles. The molecule has 0 aromatic heterocycles. The van der Waals surface area contributed by atoms with Crippen LogP contribution in [0.15, 0.2) is 60.7 Å². The van der Waals surface area contributed by atoms with Crippen molar-refractivity contribution in [2.45, 2.75) is 44.5 Å². The predicted octanol–water partition coefficient (Wildman–Crippen LogP) is 4.26. The number of rotatable bonds is 6. The summed E-state index contributed by atoms with van der Waals surface area (Å²) in [4.78, 5) is 2.61. The summed E-state index contributed by atoms with van der Waals surface area (Å²) in [5.41, 5.74) is 2.78. The number of hydrogen-bond acceptors (Lipinski definition) is 2. The molecule has 2 aromatic rings. The smallest absolute Gasteiger partial charge is 0.0586 e. The van der Waals surface area contributed by atoms with E-state index >= 15 is 0 Å². The molecule has 22 heavy (non-hydrogen) atoms. The van der Waals surface area contributed by atoms with E-state index in [-0.39, 0.29) is 0 Å². The normalized spacial score (nSPS) is 21.4. The van der Waals surface area contributed by atoms with Gasteiger partial charge in [-0.1, -0.05) is 60.7 Å². The lowest BCUT2D eigenvalue weighted by molar-refractivity contribution is 0.0937. The fourth-order valence-electron chi connectivity index (χ4n) is 3.41. The van der Waals surface area contributed by atoms with E-state index in [1.807, 2.05) is 7.11 Å². The first-order valence-corrected chi connectivity index (χ1v) is 8.20. The first-order chi connectivity index (χ1) is 10.8. The molecule has 0 spiro atoms. The van der Waals surface area contributed by atoms with Crippen molar-refractivity contribution in [2.75, 3.05) is 7.11 Å². The van der Waals surface area contributed by atoms with Crippen LogP contribution in [0, 0.1) is 0 Å². The summed E-state index contributed by atoms with van der Waals surface area (Å²) in [5, 5.41) is 0. The number of methoxy groups -OCH3 is 1. The third-order valence-electron chi connectivity index (χ3n) is 4.66. The van der Waals surface area contributed by atoms with Crippen molar-refractivity contribution in [2.24, 2.45) is 0 Å². The minimum absolute atomic E-state index is 0.430. The van der Waals surface area contributed by atoms with Crippen LogP contribution >= 0.6 is 0 Å². The third kappa shape index (κ3) is 3.96. The van der Waals surface area contributed by atoms with Crippen molar-refractivity contribution in [1.29, 1.82) is 0 Å². The highest BCUT2D eigenvalue weighted by molar-refractivity contribution is 5.17. The van der Waals surface area contributed by atoms with Gasteiger partial charge in [-0.05, 0) is 30.4 Å². The minimum Gasteiger partial charge on any atom is -0.381 e. The molecule has 116 valence electrons. The van der Waals surface area contributed by atoms with Crippen LogP contribution in [-0.4, -0.2) is 24.2 Å². The van der Waals surface area contributed by atoms with Gasteiger partial charge in [-0.15, -0.1) is 0 Å². The molecule has 0 heterocycles. The molecule has 0 amide bonds. The van der Waals surface area contributed by atoms with Crippen molar-refractivity contribution in [1.82, 2.24) is 4.90 Å². The summed E-state index contributed by atoms with van der Waals surface area (Å²) in [5.74, 6) is 0. The quantitative estimate of drug-likeness (QED) is 0.789. The molecule has 0 radical (unpaired) electrons. The van der Waals surface area contributed by atoms with Gasteiger partial charge in [0.15, 0.2) is 0 Å². The van der Waals surface area contributed by atoms with Gasteiger partial charge in [0.05, 0.1) is 6.10 Å². The van der Waals surface area contributed by atoms with Crippen LogP contribution in [0.5, 0.6) is 0 Å². The molecular formula is C20H25NO. The first kappa shape index (κ1) is 15.3. The molecule has 0 saturated heterocycles. The molecule has 3 rings (SSSR count). The van der Waals surface area contributed by atoms with Gasteiger partial charge < -0.3 is 4.74 Å². The third-order valence-corrected chi connectivity index (χ3v) is 4.66. The number of benzene rings is 2. The Balaban J connectivity index is 1.73. The Bertz CT molecular complexity index is 513. The second-order valence-electron chi connectivity index (χ2n) is 6.20. The van der Waals surface area contributed by atoms with E-state index in [4.69, 9.17) is 4.74 Å². The second kappa shape index (κ2) is 7.57. The van der Waals surface area contributed by atoms with Gasteiger partial charge in [-0.25, -0.2) is 0 Å². The largest absolute Gasteiger partial charge is 0.381 e. The van der Waals surface area contributed by atoms with E-state index in [0.717, 1.165) is 19.5 Å². The summed E-state index contributed by atoms with van der Waals surface area (Å²) in [6.45, 7) is 2.02. The molecule has 1 aliphatic carbocycles. The number of hydrogen-bond donors (Lipinski definition) is 0. The van der Waals surface area contributed by atoms with Gasteiger partial charge >= 0.3 is 0 Å². The van der Waals surface area contributed by atoms with Crippen LogP contribution in [0.1, 0.15) is 30.4 Å². The molecular weight excluding hydrogens is 270 g/mol. The maximum atomic E-state index is 5.57. The Morgan fingerprint density at radius 2 is 1.41 bits per heavy atom. The van der Waals surface area contributed by atoms with E-state index in [1.54, 1.807) is 0 Å². The van der Waals surface area contributed by atoms with Gasteiger partial charge in [-0.3, -0.25) is 4.90 Å². The van der Waals surface area contributed by atoms with Gasteiger partial charge in [-0.2, -0.15) is 0 Å². The van der Waals surface area contributed by atoms with E-state index in [0.29, 0.717) is 12.1 Å². The number of nitrogens with zero attached hydrogens (tertiary/aromatic N) is 1. The summed E-state index contributed by atoms with van der Waals surface area (Å²) in [6, 6.07) is 22.2. The highest BCUT2D eigenvalue weighted by Gasteiger charge is 2.29. The lowest BCUT2D eigenvalue weighted by Gasteiger charge is -2.29. The van der Waals surface area contributed by atoms with Crippen molar-refractivity contribution in [3.8, 4) is 0 Å². The molecule has 1 saturated carbocycles. The second-order valence-corrected chi connectivity index (χ2v) is 6.20. The van der Waals surface area contributed by atoms with Crippen LogP contribution in [-0.2, 0) is 17.8 Å². The van der Waals surface area contributed by atoms with Crippen LogP contribution in [0.3, 0.4) is 0 Å². The van der Waals surface area contributed by atoms with Gasteiger partial charge in [0.2, 0.25) is 0 Å². The number of ether oxygens (including phenoxy) is 1. The highest BCUT2D eigenvalue weighted by atomic mass is 16.5. The van der Waals surface area contributed by atoms with Crippen molar-refractivity contribution in [3.05, 3.63) is 71.8 Å². The molecule has 0 aliphatic heterocycles. The van der Waals surface area contributed by atoms with Crippen LogP contribution in [0.4, 0.5) is 0 Å². The topological polar surface area (TPSA) is 12.5 Å².